The summed E-state index contributed by atoms with van der Waals surface area (Å²) in [5, 5.41) is 1.09. The van der Waals surface area contributed by atoms with Crippen LogP contribution >= 0.6 is 11.6 Å². The molecule has 0 aromatic carbocycles. The molecule has 2 heterocycles. The van der Waals surface area contributed by atoms with Gasteiger partial charge in [0, 0.05) is 17.1 Å². The summed E-state index contributed by atoms with van der Waals surface area (Å²) in [6.45, 7) is 1.92. The van der Waals surface area contributed by atoms with Crippen LogP contribution in [0.2, 0.25) is 5.15 Å². The van der Waals surface area contributed by atoms with Gasteiger partial charge in [-0.2, -0.15) is 0 Å². The summed E-state index contributed by atoms with van der Waals surface area (Å²) < 4.78 is 4.77. The van der Waals surface area contributed by atoms with Crippen molar-refractivity contribution < 1.29 is 9.53 Å². The number of methoxy groups -OCH3 is 1. The SMILES string of the molecule is CCc1c(Cl)nc2[nH]ccc2c1C(=O)OC. The minimum absolute atomic E-state index is 0.345. The number of aromatic amines is 1. The fourth-order valence-electron chi connectivity index (χ4n) is 1.74. The van der Waals surface area contributed by atoms with Crippen molar-refractivity contribution in [3.8, 4) is 0 Å². The molecule has 0 aliphatic heterocycles. The number of aromatic nitrogens is 2. The average molecular weight is 239 g/mol. The molecule has 0 amide bonds. The molecule has 4 nitrogen and oxygen atoms in total. The highest BCUT2D eigenvalue weighted by atomic mass is 35.5. The smallest absolute Gasteiger partial charge is 0.338 e. The minimum Gasteiger partial charge on any atom is -0.465 e. The Morgan fingerprint density at radius 1 is 1.62 bits per heavy atom. The zero-order chi connectivity index (χ0) is 11.7. The Hall–Kier alpha value is -1.55. The van der Waals surface area contributed by atoms with Crippen LogP contribution in [0, 0.1) is 0 Å². The number of carbonyl (C=O) groups is 1. The maximum Gasteiger partial charge on any atom is 0.338 e. The van der Waals surface area contributed by atoms with E-state index in [1.165, 1.54) is 7.11 Å². The molecule has 0 saturated heterocycles. The van der Waals surface area contributed by atoms with Crippen molar-refractivity contribution in [2.24, 2.45) is 0 Å². The van der Waals surface area contributed by atoms with Crippen molar-refractivity contribution in [2.75, 3.05) is 7.11 Å². The van der Waals surface area contributed by atoms with Crippen LogP contribution in [-0.2, 0) is 11.2 Å². The standard InChI is InChI=1S/C11H11ClN2O2/c1-3-6-8(11(15)16-2)7-4-5-13-10(7)14-9(6)12/h4-5H,3H2,1-2H3,(H,13,14). The summed E-state index contributed by atoms with van der Waals surface area (Å²) in [7, 11) is 1.36. The fourth-order valence-corrected chi connectivity index (χ4v) is 2.06. The second-order valence-corrected chi connectivity index (χ2v) is 3.70. The molecular weight excluding hydrogens is 228 g/mol. The Bertz CT molecular complexity index is 548. The molecule has 84 valence electrons. The lowest BCUT2D eigenvalue weighted by Gasteiger charge is -2.08. The van der Waals surface area contributed by atoms with Crippen LogP contribution in [0.25, 0.3) is 11.0 Å². The second-order valence-electron chi connectivity index (χ2n) is 3.34. The van der Waals surface area contributed by atoms with E-state index in [-0.39, 0.29) is 5.97 Å². The molecule has 2 aromatic heterocycles. The van der Waals surface area contributed by atoms with Crippen molar-refractivity contribution >= 4 is 28.6 Å². The number of pyridine rings is 1. The maximum atomic E-state index is 11.7. The van der Waals surface area contributed by atoms with Gasteiger partial charge in [-0.15, -0.1) is 0 Å². The largest absolute Gasteiger partial charge is 0.465 e. The van der Waals surface area contributed by atoms with Gasteiger partial charge in [-0.05, 0) is 12.5 Å². The number of nitrogens with one attached hydrogen (secondary N) is 1. The Morgan fingerprint density at radius 2 is 2.38 bits per heavy atom. The van der Waals surface area contributed by atoms with Gasteiger partial charge in [-0.3, -0.25) is 0 Å². The van der Waals surface area contributed by atoms with Gasteiger partial charge in [-0.1, -0.05) is 18.5 Å². The lowest BCUT2D eigenvalue weighted by molar-refractivity contribution is 0.0601. The van der Waals surface area contributed by atoms with Crippen LogP contribution in [0.3, 0.4) is 0 Å². The van der Waals surface area contributed by atoms with E-state index in [0.717, 1.165) is 10.9 Å². The van der Waals surface area contributed by atoms with E-state index in [0.29, 0.717) is 22.8 Å². The predicted octanol–water partition coefficient (Wildman–Crippen LogP) is 2.57. The van der Waals surface area contributed by atoms with Crippen molar-refractivity contribution in [3.63, 3.8) is 0 Å². The van der Waals surface area contributed by atoms with Crippen molar-refractivity contribution in [3.05, 3.63) is 28.5 Å². The molecule has 0 saturated carbocycles. The van der Waals surface area contributed by atoms with Crippen molar-refractivity contribution in [1.29, 1.82) is 0 Å². The summed E-state index contributed by atoms with van der Waals surface area (Å²) in [5.74, 6) is -0.384. The van der Waals surface area contributed by atoms with Gasteiger partial charge in [0.15, 0.2) is 0 Å². The van der Waals surface area contributed by atoms with Gasteiger partial charge in [0.2, 0.25) is 0 Å². The first-order chi connectivity index (χ1) is 7.69. The molecule has 5 heteroatoms. The molecule has 0 unspecified atom stereocenters. The molecular formula is C11H11ClN2O2. The molecule has 2 rings (SSSR count). The number of nitrogens with zero attached hydrogens (tertiary/aromatic N) is 1. The summed E-state index contributed by atoms with van der Waals surface area (Å²) in [6, 6.07) is 1.80. The number of halogens is 1. The highest BCUT2D eigenvalue weighted by Gasteiger charge is 2.19. The molecule has 0 radical (unpaired) electrons. The topological polar surface area (TPSA) is 55.0 Å². The molecule has 0 spiro atoms. The first-order valence-electron chi connectivity index (χ1n) is 4.92. The second kappa shape index (κ2) is 4.14. The molecule has 16 heavy (non-hydrogen) atoms. The average Bonchev–Trinajstić information content (AvgIpc) is 2.73. The van der Waals surface area contributed by atoms with Crippen LogP contribution in [-0.4, -0.2) is 23.0 Å². The zero-order valence-electron chi connectivity index (χ0n) is 9.00. The molecule has 0 bridgehead atoms. The fraction of sp³-hybridized carbons (Fsp3) is 0.273. The van der Waals surface area contributed by atoms with Crippen molar-refractivity contribution in [1.82, 2.24) is 9.97 Å². The number of H-pyrrole nitrogens is 1. The number of fused-ring (bicyclic) bond motifs is 1. The van der Waals surface area contributed by atoms with Crippen LogP contribution in [0.15, 0.2) is 12.3 Å². The van der Waals surface area contributed by atoms with E-state index in [2.05, 4.69) is 9.97 Å². The lowest BCUT2D eigenvalue weighted by Crippen LogP contribution is -2.07. The highest BCUT2D eigenvalue weighted by molar-refractivity contribution is 6.31. The number of carbonyl (C=O) groups excluding carboxylic acids is 1. The van der Waals surface area contributed by atoms with E-state index in [9.17, 15) is 4.79 Å². The van der Waals surface area contributed by atoms with E-state index < -0.39 is 0 Å². The number of esters is 1. The van der Waals surface area contributed by atoms with E-state index >= 15 is 0 Å². The minimum atomic E-state index is -0.384. The zero-order valence-corrected chi connectivity index (χ0v) is 9.76. The Balaban J connectivity index is 2.82. The predicted molar refractivity (Wildman–Crippen MR) is 61.8 cm³/mol. The molecule has 0 atom stereocenters. The quantitative estimate of drug-likeness (QED) is 0.646. The van der Waals surface area contributed by atoms with E-state index in [1.54, 1.807) is 12.3 Å². The van der Waals surface area contributed by atoms with E-state index in [4.69, 9.17) is 16.3 Å². The van der Waals surface area contributed by atoms with Crippen LogP contribution < -0.4 is 0 Å². The van der Waals surface area contributed by atoms with Gasteiger partial charge >= 0.3 is 5.97 Å². The summed E-state index contributed by atoms with van der Waals surface area (Å²) in [6.07, 6.45) is 2.36. The summed E-state index contributed by atoms with van der Waals surface area (Å²) in [5.41, 5.74) is 1.82. The lowest BCUT2D eigenvalue weighted by atomic mass is 10.0. The van der Waals surface area contributed by atoms with Gasteiger partial charge in [0.05, 0.1) is 12.7 Å². The molecule has 0 aliphatic rings. The first kappa shape index (κ1) is 11.0. The van der Waals surface area contributed by atoms with Gasteiger partial charge < -0.3 is 9.72 Å². The molecule has 2 aromatic rings. The van der Waals surface area contributed by atoms with Crippen LogP contribution in [0.5, 0.6) is 0 Å². The first-order valence-corrected chi connectivity index (χ1v) is 5.30. The molecule has 0 aliphatic carbocycles. The molecule has 0 fully saturated rings. The Morgan fingerprint density at radius 3 is 3.00 bits per heavy atom. The normalized spacial score (nSPS) is 10.7. The maximum absolute atomic E-state index is 11.7. The number of ether oxygens (including phenoxy) is 1. The number of hydrogen-bond donors (Lipinski definition) is 1. The number of hydrogen-bond acceptors (Lipinski definition) is 3. The van der Waals surface area contributed by atoms with Crippen LogP contribution in [0.4, 0.5) is 0 Å². The van der Waals surface area contributed by atoms with Gasteiger partial charge in [-0.25, -0.2) is 9.78 Å². The third-order valence-corrected chi connectivity index (χ3v) is 2.81. The number of rotatable bonds is 2. The van der Waals surface area contributed by atoms with Gasteiger partial charge in [0.25, 0.3) is 0 Å². The third-order valence-electron chi connectivity index (χ3n) is 2.50. The Kier molecular flexibility index (Phi) is 2.83. The van der Waals surface area contributed by atoms with E-state index in [1.807, 2.05) is 6.92 Å². The summed E-state index contributed by atoms with van der Waals surface area (Å²) in [4.78, 5) is 18.8. The molecule has 1 N–H and O–H groups in total. The monoisotopic (exact) mass is 238 g/mol. The Labute approximate surface area is 97.6 Å². The van der Waals surface area contributed by atoms with Gasteiger partial charge in [0.1, 0.15) is 10.8 Å². The summed E-state index contributed by atoms with van der Waals surface area (Å²) >= 11 is 6.03. The third kappa shape index (κ3) is 1.55. The highest BCUT2D eigenvalue weighted by Crippen LogP contribution is 2.27. The van der Waals surface area contributed by atoms with Crippen LogP contribution in [0.1, 0.15) is 22.8 Å². The van der Waals surface area contributed by atoms with Crippen molar-refractivity contribution in [2.45, 2.75) is 13.3 Å².